The highest BCUT2D eigenvalue weighted by molar-refractivity contribution is 5.71. The number of hydrogen-bond acceptors (Lipinski definition) is 7. The second-order valence-electron chi connectivity index (χ2n) is 8.56. The number of anilines is 1. The van der Waals surface area contributed by atoms with Crippen LogP contribution in [0.1, 0.15) is 18.5 Å². The largest absolute Gasteiger partial charge is 0.506 e. The Morgan fingerprint density at radius 3 is 2.68 bits per heavy atom. The summed E-state index contributed by atoms with van der Waals surface area (Å²) in [4.78, 5) is 11.2. The summed E-state index contributed by atoms with van der Waals surface area (Å²) in [5, 5.41) is 23.0. The Balaban J connectivity index is 1.25. The predicted molar refractivity (Wildman–Crippen MR) is 118 cm³/mol. The molecule has 2 fully saturated rings. The minimum Gasteiger partial charge on any atom is -0.506 e. The van der Waals surface area contributed by atoms with Gasteiger partial charge in [0.25, 0.3) is 0 Å². The summed E-state index contributed by atoms with van der Waals surface area (Å²) < 4.78 is 1.97. The standard InChI is InChI=1S/C23H23N7O/c1-15-12-30-13-16(2-4-20(30)26-15)17-10-19(31)22(24-11-17)18-3-5-21(28-27-18)29-9-7-23(14-29)6-8-25-23/h2-5,10-13,25,31H,6-9,14H2,1H3. The molecule has 4 aromatic rings. The lowest BCUT2D eigenvalue weighted by Crippen LogP contribution is -2.58. The van der Waals surface area contributed by atoms with E-state index in [1.807, 2.05) is 48.0 Å². The SMILES string of the molecule is Cc1cn2cc(-c3cnc(-c4ccc(N5CCC6(CCN6)C5)nn4)c(O)c3)ccc2n1. The van der Waals surface area contributed by atoms with Gasteiger partial charge in [0.1, 0.15) is 22.8 Å². The van der Waals surface area contributed by atoms with Crippen molar-refractivity contribution < 1.29 is 5.11 Å². The van der Waals surface area contributed by atoms with Crippen LogP contribution in [0.2, 0.25) is 0 Å². The van der Waals surface area contributed by atoms with Crippen molar-refractivity contribution in [1.82, 2.24) is 29.9 Å². The third-order valence-electron chi connectivity index (χ3n) is 6.45. The number of nitrogens with one attached hydrogen (secondary N) is 1. The number of hydrogen-bond donors (Lipinski definition) is 2. The van der Waals surface area contributed by atoms with Crippen molar-refractivity contribution in [2.45, 2.75) is 25.3 Å². The Bertz CT molecular complexity index is 1280. The van der Waals surface area contributed by atoms with Crippen LogP contribution in [0.4, 0.5) is 5.82 Å². The van der Waals surface area contributed by atoms with E-state index in [9.17, 15) is 5.11 Å². The molecule has 2 N–H and O–H groups in total. The normalized spacial score (nSPS) is 20.5. The van der Waals surface area contributed by atoms with E-state index in [1.54, 1.807) is 12.3 Å². The molecule has 2 aliphatic heterocycles. The molecule has 0 bridgehead atoms. The number of imidazole rings is 1. The van der Waals surface area contributed by atoms with Gasteiger partial charge in [-0.15, -0.1) is 10.2 Å². The fourth-order valence-electron chi connectivity index (χ4n) is 4.61. The smallest absolute Gasteiger partial charge is 0.151 e. The molecule has 2 aliphatic rings. The van der Waals surface area contributed by atoms with Crippen LogP contribution in [0.3, 0.4) is 0 Å². The molecule has 1 spiro atoms. The second-order valence-corrected chi connectivity index (χ2v) is 8.56. The first-order chi connectivity index (χ1) is 15.1. The lowest BCUT2D eigenvalue weighted by Gasteiger charge is -2.39. The highest BCUT2D eigenvalue weighted by atomic mass is 16.3. The monoisotopic (exact) mass is 413 g/mol. The quantitative estimate of drug-likeness (QED) is 0.534. The van der Waals surface area contributed by atoms with Crippen molar-refractivity contribution >= 4 is 11.5 Å². The van der Waals surface area contributed by atoms with Gasteiger partial charge in [0.05, 0.1) is 5.69 Å². The number of aromatic nitrogens is 5. The van der Waals surface area contributed by atoms with Gasteiger partial charge in [-0.2, -0.15) is 0 Å². The van der Waals surface area contributed by atoms with Crippen molar-refractivity contribution in [1.29, 1.82) is 0 Å². The minimum absolute atomic E-state index is 0.0836. The highest BCUT2D eigenvalue weighted by Crippen LogP contribution is 2.34. The molecule has 0 radical (unpaired) electrons. The van der Waals surface area contributed by atoms with Crippen molar-refractivity contribution in [3.05, 3.63) is 54.6 Å². The zero-order chi connectivity index (χ0) is 21.0. The maximum atomic E-state index is 10.6. The van der Waals surface area contributed by atoms with Crippen LogP contribution in [0.5, 0.6) is 5.75 Å². The summed E-state index contributed by atoms with van der Waals surface area (Å²) in [5.74, 6) is 0.953. The number of aromatic hydroxyl groups is 1. The maximum absolute atomic E-state index is 10.6. The summed E-state index contributed by atoms with van der Waals surface area (Å²) >= 11 is 0. The molecule has 1 atom stereocenters. The molecule has 4 aromatic heterocycles. The van der Waals surface area contributed by atoms with Gasteiger partial charge in [0, 0.05) is 48.3 Å². The van der Waals surface area contributed by atoms with Crippen LogP contribution >= 0.6 is 0 Å². The molecular weight excluding hydrogens is 390 g/mol. The van der Waals surface area contributed by atoms with Crippen molar-refractivity contribution in [3.63, 3.8) is 0 Å². The van der Waals surface area contributed by atoms with Gasteiger partial charge < -0.3 is 19.7 Å². The van der Waals surface area contributed by atoms with Gasteiger partial charge in [0.2, 0.25) is 0 Å². The van der Waals surface area contributed by atoms with Crippen molar-refractivity contribution in [3.8, 4) is 28.3 Å². The fraction of sp³-hybridized carbons (Fsp3) is 0.304. The molecule has 6 rings (SSSR count). The Morgan fingerprint density at radius 1 is 1.06 bits per heavy atom. The summed E-state index contributed by atoms with van der Waals surface area (Å²) in [6.45, 7) is 5.03. The first-order valence-electron chi connectivity index (χ1n) is 10.6. The van der Waals surface area contributed by atoms with Crippen molar-refractivity contribution in [2.75, 3.05) is 24.5 Å². The molecule has 8 heteroatoms. The van der Waals surface area contributed by atoms with Crippen LogP contribution in [-0.4, -0.2) is 54.8 Å². The van der Waals surface area contributed by atoms with E-state index in [4.69, 9.17) is 0 Å². The molecule has 2 saturated heterocycles. The third-order valence-corrected chi connectivity index (χ3v) is 6.45. The number of pyridine rings is 2. The van der Waals surface area contributed by atoms with Crippen LogP contribution in [-0.2, 0) is 0 Å². The van der Waals surface area contributed by atoms with Gasteiger partial charge >= 0.3 is 0 Å². The van der Waals surface area contributed by atoms with E-state index in [0.29, 0.717) is 11.4 Å². The number of rotatable bonds is 3. The fourth-order valence-corrected chi connectivity index (χ4v) is 4.61. The van der Waals surface area contributed by atoms with Gasteiger partial charge in [-0.1, -0.05) is 0 Å². The molecule has 0 aromatic carbocycles. The Kier molecular flexibility index (Phi) is 3.97. The third kappa shape index (κ3) is 3.11. The molecule has 8 nitrogen and oxygen atoms in total. The van der Waals surface area contributed by atoms with E-state index in [1.165, 1.54) is 6.42 Å². The second kappa shape index (κ2) is 6.75. The Hall–Kier alpha value is -3.52. The number of fused-ring (bicyclic) bond motifs is 1. The molecule has 0 saturated carbocycles. The van der Waals surface area contributed by atoms with Gasteiger partial charge in [0.15, 0.2) is 5.82 Å². The summed E-state index contributed by atoms with van der Waals surface area (Å²) in [6.07, 6.45) is 8.08. The summed E-state index contributed by atoms with van der Waals surface area (Å²) in [6, 6.07) is 9.49. The summed E-state index contributed by atoms with van der Waals surface area (Å²) in [5.41, 5.74) is 4.90. The molecule has 6 heterocycles. The molecular formula is C23H23N7O. The minimum atomic E-state index is 0.0836. The van der Waals surface area contributed by atoms with E-state index in [2.05, 4.69) is 30.4 Å². The molecule has 156 valence electrons. The highest BCUT2D eigenvalue weighted by Gasteiger charge is 2.42. The van der Waals surface area contributed by atoms with Gasteiger partial charge in [-0.3, -0.25) is 0 Å². The van der Waals surface area contributed by atoms with E-state index in [0.717, 1.165) is 54.3 Å². The predicted octanol–water partition coefficient (Wildman–Crippen LogP) is 2.81. The first-order valence-corrected chi connectivity index (χ1v) is 10.6. The number of nitrogens with zero attached hydrogens (tertiary/aromatic N) is 6. The van der Waals surface area contributed by atoms with Crippen LogP contribution in [0.15, 0.2) is 48.9 Å². The maximum Gasteiger partial charge on any atom is 0.151 e. The first kappa shape index (κ1) is 18.3. The topological polar surface area (TPSA) is 91.5 Å². The average Bonchev–Trinajstić information content (AvgIpc) is 3.36. The molecule has 0 amide bonds. The van der Waals surface area contributed by atoms with Crippen LogP contribution < -0.4 is 10.2 Å². The average molecular weight is 413 g/mol. The molecule has 31 heavy (non-hydrogen) atoms. The van der Waals surface area contributed by atoms with Crippen molar-refractivity contribution in [2.24, 2.45) is 0 Å². The zero-order valence-electron chi connectivity index (χ0n) is 17.3. The van der Waals surface area contributed by atoms with E-state index >= 15 is 0 Å². The van der Waals surface area contributed by atoms with Crippen LogP contribution in [0.25, 0.3) is 28.2 Å². The van der Waals surface area contributed by atoms with E-state index < -0.39 is 0 Å². The molecule has 0 aliphatic carbocycles. The lowest BCUT2D eigenvalue weighted by molar-refractivity contribution is 0.235. The molecule has 1 unspecified atom stereocenters. The zero-order valence-corrected chi connectivity index (χ0v) is 17.3. The summed E-state index contributed by atoms with van der Waals surface area (Å²) in [7, 11) is 0. The van der Waals surface area contributed by atoms with Crippen LogP contribution in [0, 0.1) is 6.92 Å². The van der Waals surface area contributed by atoms with Gasteiger partial charge in [-0.05, 0) is 56.6 Å². The van der Waals surface area contributed by atoms with Gasteiger partial charge in [-0.25, -0.2) is 9.97 Å². The number of aryl methyl sites for hydroxylation is 1. The van der Waals surface area contributed by atoms with E-state index in [-0.39, 0.29) is 11.3 Å². The Morgan fingerprint density at radius 2 is 1.97 bits per heavy atom. The lowest BCUT2D eigenvalue weighted by atomic mass is 9.87. The Labute approximate surface area is 179 Å².